The van der Waals surface area contributed by atoms with Gasteiger partial charge in [0.1, 0.15) is 10.0 Å². The van der Waals surface area contributed by atoms with Gasteiger partial charge in [-0.05, 0) is 146 Å². The number of anilines is 6. The number of benzene rings is 6. The molecule has 8 aromatic rings. The van der Waals surface area contributed by atoms with E-state index in [2.05, 4.69) is 192 Å². The Morgan fingerprint density at radius 1 is 0.357 bits per heavy atom. The lowest BCUT2D eigenvalue weighted by Crippen LogP contribution is -2.10. The van der Waals surface area contributed by atoms with Crippen molar-refractivity contribution in [2.45, 2.75) is 25.7 Å². The zero-order valence-corrected chi connectivity index (χ0v) is 32.4. The number of para-hydroxylation sites is 2. The van der Waals surface area contributed by atoms with Crippen molar-refractivity contribution in [2.24, 2.45) is 0 Å². The second-order valence-electron chi connectivity index (χ2n) is 14.1. The van der Waals surface area contributed by atoms with Gasteiger partial charge in [-0.15, -0.1) is 22.7 Å². The highest BCUT2D eigenvalue weighted by Gasteiger charge is 2.18. The zero-order chi connectivity index (χ0) is 37.3. The van der Waals surface area contributed by atoms with Crippen LogP contribution in [-0.4, -0.2) is 9.97 Å². The first-order valence-electron chi connectivity index (χ1n) is 19.2. The van der Waals surface area contributed by atoms with Gasteiger partial charge in [0.25, 0.3) is 0 Å². The minimum atomic E-state index is 1.03. The van der Waals surface area contributed by atoms with Gasteiger partial charge in [-0.25, -0.2) is 9.97 Å². The highest BCUT2D eigenvalue weighted by atomic mass is 32.1. The van der Waals surface area contributed by atoms with Gasteiger partial charge in [-0.2, -0.15) is 0 Å². The number of rotatable bonds is 9. The molecule has 0 aliphatic heterocycles. The van der Waals surface area contributed by atoms with Crippen molar-refractivity contribution in [3.05, 3.63) is 191 Å². The molecule has 2 aliphatic rings. The van der Waals surface area contributed by atoms with Crippen LogP contribution in [-0.2, 0) is 12.8 Å². The number of aryl methyl sites for hydroxylation is 2. The van der Waals surface area contributed by atoms with Crippen LogP contribution in [0.3, 0.4) is 0 Å². The van der Waals surface area contributed by atoms with Crippen molar-refractivity contribution in [2.75, 3.05) is 9.80 Å². The molecule has 0 saturated carbocycles. The fourth-order valence-electron chi connectivity index (χ4n) is 7.57. The van der Waals surface area contributed by atoms with E-state index in [0.717, 1.165) is 80.9 Å². The molecule has 10 rings (SSSR count). The summed E-state index contributed by atoms with van der Waals surface area (Å²) in [7, 11) is 0. The number of fused-ring (bicyclic) bond motifs is 2. The van der Waals surface area contributed by atoms with E-state index in [1.807, 2.05) is 0 Å². The first-order chi connectivity index (χ1) is 27.7. The Labute approximate surface area is 336 Å². The lowest BCUT2D eigenvalue weighted by Gasteiger charge is -2.26. The van der Waals surface area contributed by atoms with E-state index in [4.69, 9.17) is 9.97 Å². The Bertz CT molecular complexity index is 2470. The van der Waals surface area contributed by atoms with Crippen molar-refractivity contribution in [1.29, 1.82) is 0 Å². The van der Waals surface area contributed by atoms with Gasteiger partial charge in [0, 0.05) is 45.3 Å². The third-order valence-corrected chi connectivity index (χ3v) is 12.7. The maximum absolute atomic E-state index is 4.97. The molecule has 270 valence electrons. The minimum absolute atomic E-state index is 1.03. The van der Waals surface area contributed by atoms with Crippen molar-refractivity contribution in [3.63, 3.8) is 0 Å². The fraction of sp³-hybridized carbons (Fsp3) is 0.0800. The molecule has 0 amide bonds. The lowest BCUT2D eigenvalue weighted by molar-refractivity contribution is 0.947. The van der Waals surface area contributed by atoms with Gasteiger partial charge < -0.3 is 9.80 Å². The summed E-state index contributed by atoms with van der Waals surface area (Å²) in [5.74, 6) is 0. The molecular weight excluding hydrogens is 721 g/mol. The standard InChI is InChI=1S/C50H38N4S2/c1-3-11-39(12-4-1)53(43-31-23-37(24-32-43)49-51-45-15-7-9-17-47(45)55-49)41-27-19-35(20-28-41)36-21-29-42(30-22-36)54(40-13-5-2-6-14-40)44-33-25-38(26-34-44)50-52-46-16-8-10-18-48(46)56-50/h1-6,9-14,17-34H,7-8,15-16H2. The summed E-state index contributed by atoms with van der Waals surface area (Å²) in [4.78, 5) is 17.1. The average Bonchev–Trinajstić information content (AvgIpc) is 3.91. The molecule has 0 spiro atoms. The summed E-state index contributed by atoms with van der Waals surface area (Å²) in [6, 6.07) is 56.6. The molecule has 0 N–H and O–H groups in total. The number of hydrogen-bond donors (Lipinski definition) is 0. The quantitative estimate of drug-likeness (QED) is 0.147. The van der Waals surface area contributed by atoms with Gasteiger partial charge in [0.05, 0.1) is 21.1 Å². The highest BCUT2D eigenvalue weighted by Crippen LogP contribution is 2.40. The fourth-order valence-corrected chi connectivity index (χ4v) is 9.67. The van der Waals surface area contributed by atoms with Crippen LogP contribution in [0.1, 0.15) is 34.0 Å². The number of allylic oxidation sites excluding steroid dienone is 2. The molecule has 0 saturated heterocycles. The predicted molar refractivity (Wildman–Crippen MR) is 238 cm³/mol. The normalized spacial score (nSPS) is 12.9. The van der Waals surface area contributed by atoms with Gasteiger partial charge in [-0.3, -0.25) is 0 Å². The molecule has 0 unspecified atom stereocenters. The average molecular weight is 759 g/mol. The summed E-state index contributed by atoms with van der Waals surface area (Å²) in [6.07, 6.45) is 13.1. The molecule has 0 radical (unpaired) electrons. The van der Waals surface area contributed by atoms with E-state index < -0.39 is 0 Å². The molecule has 56 heavy (non-hydrogen) atoms. The molecule has 2 heterocycles. The van der Waals surface area contributed by atoms with Gasteiger partial charge in [-0.1, -0.05) is 72.8 Å². The second kappa shape index (κ2) is 15.1. The van der Waals surface area contributed by atoms with Crippen LogP contribution in [0.2, 0.25) is 0 Å². The topological polar surface area (TPSA) is 32.3 Å². The van der Waals surface area contributed by atoms with Crippen LogP contribution in [0.5, 0.6) is 0 Å². The molecule has 4 nitrogen and oxygen atoms in total. The largest absolute Gasteiger partial charge is 0.311 e. The van der Waals surface area contributed by atoms with Crippen molar-refractivity contribution >= 4 is 68.9 Å². The number of nitrogens with zero attached hydrogens (tertiary/aromatic N) is 4. The molecule has 0 fully saturated rings. The van der Waals surface area contributed by atoms with Gasteiger partial charge >= 0.3 is 0 Å². The zero-order valence-electron chi connectivity index (χ0n) is 30.8. The second-order valence-corrected chi connectivity index (χ2v) is 16.1. The number of aromatic nitrogens is 2. The Morgan fingerprint density at radius 3 is 1.02 bits per heavy atom. The number of hydrogen-bond acceptors (Lipinski definition) is 6. The molecule has 6 aromatic carbocycles. The van der Waals surface area contributed by atoms with Crippen molar-refractivity contribution < 1.29 is 0 Å². The Hall–Kier alpha value is -6.34. The Balaban J connectivity index is 0.916. The third kappa shape index (κ3) is 6.79. The molecule has 0 atom stereocenters. The Morgan fingerprint density at radius 2 is 0.679 bits per heavy atom. The summed E-state index contributed by atoms with van der Waals surface area (Å²) < 4.78 is 0. The molecule has 0 bridgehead atoms. The summed E-state index contributed by atoms with van der Waals surface area (Å²) in [6.45, 7) is 0. The first kappa shape index (κ1) is 34.2. The van der Waals surface area contributed by atoms with E-state index in [1.54, 1.807) is 22.7 Å². The van der Waals surface area contributed by atoms with Crippen LogP contribution in [0.25, 0.3) is 44.4 Å². The van der Waals surface area contributed by atoms with Gasteiger partial charge in [0.15, 0.2) is 0 Å². The lowest BCUT2D eigenvalue weighted by atomic mass is 10.0. The van der Waals surface area contributed by atoms with Crippen LogP contribution < -0.4 is 9.80 Å². The minimum Gasteiger partial charge on any atom is -0.311 e. The van der Waals surface area contributed by atoms with Crippen LogP contribution in [0.15, 0.2) is 170 Å². The molecule has 6 heteroatoms. The maximum atomic E-state index is 4.97. The van der Waals surface area contributed by atoms with Crippen LogP contribution in [0.4, 0.5) is 34.1 Å². The summed E-state index contributed by atoms with van der Waals surface area (Å²) >= 11 is 3.56. The molecule has 2 aromatic heterocycles. The molecule has 2 aliphatic carbocycles. The van der Waals surface area contributed by atoms with E-state index >= 15 is 0 Å². The van der Waals surface area contributed by atoms with Crippen LogP contribution >= 0.6 is 22.7 Å². The Kier molecular flexibility index (Phi) is 9.19. The van der Waals surface area contributed by atoms with Crippen molar-refractivity contribution in [3.8, 4) is 32.3 Å². The molecular formula is C50H38N4S2. The predicted octanol–water partition coefficient (Wildman–Crippen LogP) is 14.5. The van der Waals surface area contributed by atoms with E-state index in [-0.39, 0.29) is 0 Å². The van der Waals surface area contributed by atoms with Crippen molar-refractivity contribution in [1.82, 2.24) is 9.97 Å². The highest BCUT2D eigenvalue weighted by molar-refractivity contribution is 7.16. The van der Waals surface area contributed by atoms with E-state index in [1.165, 1.54) is 32.3 Å². The monoisotopic (exact) mass is 758 g/mol. The maximum Gasteiger partial charge on any atom is 0.124 e. The third-order valence-electron chi connectivity index (χ3n) is 10.4. The van der Waals surface area contributed by atoms with Crippen LogP contribution in [0, 0.1) is 0 Å². The first-order valence-corrected chi connectivity index (χ1v) is 20.8. The smallest absolute Gasteiger partial charge is 0.124 e. The van der Waals surface area contributed by atoms with E-state index in [0.29, 0.717) is 0 Å². The number of thiazole rings is 2. The summed E-state index contributed by atoms with van der Waals surface area (Å²) in [5.41, 5.74) is 13.7. The van der Waals surface area contributed by atoms with Gasteiger partial charge in [0.2, 0.25) is 0 Å². The SMILES string of the molecule is C1=Cc2sc(-c3ccc(N(c4ccccc4)c4ccc(-c5ccc(N(c6ccccc6)c6ccc(-c7nc8c(s7)C=CCC8)cc6)cc5)cc4)cc3)nc2CC1. The summed E-state index contributed by atoms with van der Waals surface area (Å²) in [5, 5.41) is 2.17. The van der Waals surface area contributed by atoms with E-state index in [9.17, 15) is 0 Å².